The molecule has 0 radical (unpaired) electrons. The first kappa shape index (κ1) is 30.4. The number of aromatic nitrogens is 3. The summed E-state index contributed by atoms with van der Waals surface area (Å²) in [5.74, 6) is 0.680. The van der Waals surface area contributed by atoms with E-state index in [-0.39, 0.29) is 0 Å². The second kappa shape index (κ2) is 11.7. The van der Waals surface area contributed by atoms with Crippen molar-refractivity contribution in [2.24, 2.45) is 0 Å². The maximum Gasteiger partial charge on any atom is 0.161 e. The van der Waals surface area contributed by atoms with Crippen molar-refractivity contribution in [3.05, 3.63) is 176 Å². The Morgan fingerprint density at radius 3 is 1.91 bits per heavy atom. The molecule has 0 atom stereocenters. The average Bonchev–Trinajstić information content (AvgIpc) is 3.93. The van der Waals surface area contributed by atoms with E-state index in [9.17, 15) is 0 Å². The molecule has 0 aliphatic carbocycles. The molecule has 0 aliphatic heterocycles. The minimum Gasteiger partial charge on any atom is -0.455 e. The summed E-state index contributed by atoms with van der Waals surface area (Å²) >= 11 is 1.75. The normalized spacial score (nSPS) is 12.0. The first-order valence-corrected chi connectivity index (χ1v) is 19.3. The van der Waals surface area contributed by atoms with Gasteiger partial charge in [0, 0.05) is 53.8 Å². The maximum atomic E-state index is 6.83. The van der Waals surface area contributed by atoms with Gasteiger partial charge in [0.25, 0.3) is 0 Å². The zero-order valence-electron chi connectivity index (χ0n) is 29.4. The van der Waals surface area contributed by atoms with Crippen LogP contribution in [0.15, 0.2) is 180 Å². The van der Waals surface area contributed by atoms with Gasteiger partial charge in [0.2, 0.25) is 0 Å². The fraction of sp³-hybridized carbons (Fsp3) is 0. The highest BCUT2D eigenvalue weighted by molar-refractivity contribution is 7.26. The third-order valence-corrected chi connectivity index (χ3v) is 12.2. The minimum absolute atomic E-state index is 0.680. The summed E-state index contributed by atoms with van der Waals surface area (Å²) < 4.78 is 11.5. The molecule has 0 N–H and O–H groups in total. The largest absolute Gasteiger partial charge is 0.455 e. The van der Waals surface area contributed by atoms with Gasteiger partial charge in [-0.2, -0.15) is 0 Å². The number of hydrogen-bond acceptors (Lipinski definition) is 4. The molecule has 5 heteroatoms. The Labute approximate surface area is 319 Å². The van der Waals surface area contributed by atoms with Crippen LogP contribution in [-0.4, -0.2) is 14.5 Å². The highest BCUT2D eigenvalue weighted by Gasteiger charge is 2.23. The summed E-state index contributed by atoms with van der Waals surface area (Å²) in [6.45, 7) is 0. The van der Waals surface area contributed by atoms with E-state index < -0.39 is 0 Å². The summed E-state index contributed by atoms with van der Waals surface area (Å²) in [5, 5.41) is 7.79. The lowest BCUT2D eigenvalue weighted by Crippen LogP contribution is -1.95. The molecular weight excluding hydrogens is 691 g/mol. The Hall–Kier alpha value is -7.08. The third kappa shape index (κ3) is 4.57. The lowest BCUT2D eigenvalue weighted by Gasteiger charge is -2.11. The molecule has 4 nitrogen and oxygen atoms in total. The van der Waals surface area contributed by atoms with Crippen LogP contribution in [0.25, 0.3) is 114 Å². The standard InChI is InChI=1S/C50H29N3OS/c1-2-12-30(13-3-1)31-22-24-32(25-23-31)46-49-47(38-18-8-11-21-44(38)55-49)52-50(51-46)40-28-33-14-4-5-15-35(33)48-45(40)39-29-34(26-27-43(39)54-48)53-41-19-9-6-16-36(41)37-17-7-10-20-42(37)53/h1-29H. The zero-order chi connectivity index (χ0) is 36.0. The highest BCUT2D eigenvalue weighted by atomic mass is 32.1. The van der Waals surface area contributed by atoms with E-state index in [2.05, 4.69) is 180 Å². The summed E-state index contributed by atoms with van der Waals surface area (Å²) in [5.41, 5.74) is 11.4. The van der Waals surface area contributed by atoms with Crippen molar-refractivity contribution in [2.75, 3.05) is 0 Å². The maximum absolute atomic E-state index is 6.83. The first-order valence-electron chi connectivity index (χ1n) is 18.5. The minimum atomic E-state index is 0.680. The number of furan rings is 1. The van der Waals surface area contributed by atoms with Gasteiger partial charge in [-0.3, -0.25) is 0 Å². The molecule has 0 spiro atoms. The van der Waals surface area contributed by atoms with Gasteiger partial charge >= 0.3 is 0 Å². The monoisotopic (exact) mass is 719 g/mol. The van der Waals surface area contributed by atoms with Crippen LogP contribution in [0, 0.1) is 0 Å². The predicted octanol–water partition coefficient (Wildman–Crippen LogP) is 14.0. The second-order valence-electron chi connectivity index (χ2n) is 14.1. The van der Waals surface area contributed by atoms with E-state index in [1.54, 1.807) is 11.3 Å². The van der Waals surface area contributed by atoms with Crippen molar-refractivity contribution in [3.63, 3.8) is 0 Å². The van der Waals surface area contributed by atoms with Gasteiger partial charge in [0.15, 0.2) is 5.82 Å². The fourth-order valence-electron chi connectivity index (χ4n) is 8.47. The molecule has 4 heterocycles. The van der Waals surface area contributed by atoms with Crippen LogP contribution in [0.1, 0.15) is 0 Å². The summed E-state index contributed by atoms with van der Waals surface area (Å²) in [6.07, 6.45) is 0. The van der Waals surface area contributed by atoms with Gasteiger partial charge < -0.3 is 8.98 Å². The van der Waals surface area contributed by atoms with Crippen LogP contribution in [0.2, 0.25) is 0 Å². The van der Waals surface area contributed by atoms with Gasteiger partial charge in [-0.1, -0.05) is 133 Å². The Balaban J connectivity index is 1.15. The molecular formula is C50H29N3OS. The van der Waals surface area contributed by atoms with E-state index in [4.69, 9.17) is 14.4 Å². The molecule has 0 aliphatic rings. The molecule has 12 aromatic rings. The molecule has 55 heavy (non-hydrogen) atoms. The van der Waals surface area contributed by atoms with Crippen molar-refractivity contribution < 1.29 is 4.42 Å². The van der Waals surface area contributed by atoms with Crippen LogP contribution in [0.5, 0.6) is 0 Å². The summed E-state index contributed by atoms with van der Waals surface area (Å²) in [7, 11) is 0. The number of thiophene rings is 1. The predicted molar refractivity (Wildman–Crippen MR) is 230 cm³/mol. The van der Waals surface area contributed by atoms with Crippen molar-refractivity contribution in [1.82, 2.24) is 14.5 Å². The van der Waals surface area contributed by atoms with Crippen LogP contribution < -0.4 is 0 Å². The van der Waals surface area contributed by atoms with Crippen molar-refractivity contribution in [2.45, 2.75) is 0 Å². The quantitative estimate of drug-likeness (QED) is 0.182. The number of para-hydroxylation sites is 2. The molecule has 0 saturated heterocycles. The number of fused-ring (bicyclic) bond motifs is 11. The zero-order valence-corrected chi connectivity index (χ0v) is 30.2. The van der Waals surface area contributed by atoms with Crippen molar-refractivity contribution in [3.8, 4) is 39.5 Å². The number of hydrogen-bond donors (Lipinski definition) is 0. The Kier molecular flexibility index (Phi) is 6.47. The molecule has 4 aromatic heterocycles. The summed E-state index contributed by atoms with van der Waals surface area (Å²) in [4.78, 5) is 10.9. The molecule has 0 amide bonds. The van der Waals surface area contributed by atoms with Crippen molar-refractivity contribution in [1.29, 1.82) is 0 Å². The van der Waals surface area contributed by atoms with Gasteiger partial charge in [0.1, 0.15) is 11.2 Å². The second-order valence-corrected chi connectivity index (χ2v) is 15.2. The van der Waals surface area contributed by atoms with E-state index in [0.717, 1.165) is 70.8 Å². The number of rotatable bonds is 4. The SMILES string of the molecule is c1ccc(-c2ccc(-c3nc(-c4cc5ccccc5c5oc6ccc(-n7c8ccccc8c8ccccc87)cc6c45)nc4c3sc3ccccc34)cc2)cc1. The Bertz CT molecular complexity index is 3430. The number of nitrogens with zero attached hydrogens (tertiary/aromatic N) is 3. The van der Waals surface area contributed by atoms with Gasteiger partial charge in [-0.05, 0) is 59.0 Å². The molecule has 0 fully saturated rings. The molecule has 0 saturated carbocycles. The third-order valence-electron chi connectivity index (χ3n) is 11.0. The average molecular weight is 720 g/mol. The highest BCUT2D eigenvalue weighted by Crippen LogP contribution is 2.45. The number of benzene rings is 8. The van der Waals surface area contributed by atoms with Crippen molar-refractivity contribution >= 4 is 86.2 Å². The fourth-order valence-corrected chi connectivity index (χ4v) is 9.63. The molecule has 8 aromatic carbocycles. The summed E-state index contributed by atoms with van der Waals surface area (Å²) in [6, 6.07) is 62.4. The van der Waals surface area contributed by atoms with Gasteiger partial charge in [-0.25, -0.2) is 9.97 Å². The lowest BCUT2D eigenvalue weighted by molar-refractivity contribution is 0.672. The van der Waals surface area contributed by atoms with Crippen LogP contribution in [0.3, 0.4) is 0 Å². The van der Waals surface area contributed by atoms with Crippen LogP contribution in [-0.2, 0) is 0 Å². The first-order chi connectivity index (χ1) is 27.3. The molecule has 0 bridgehead atoms. The van der Waals surface area contributed by atoms with Crippen LogP contribution in [0.4, 0.5) is 0 Å². The lowest BCUT2D eigenvalue weighted by atomic mass is 9.99. The van der Waals surface area contributed by atoms with Crippen LogP contribution >= 0.6 is 11.3 Å². The molecule has 12 rings (SSSR count). The molecule has 256 valence electrons. The molecule has 0 unspecified atom stereocenters. The van der Waals surface area contributed by atoms with E-state index in [1.165, 1.54) is 37.6 Å². The smallest absolute Gasteiger partial charge is 0.161 e. The Morgan fingerprint density at radius 1 is 0.491 bits per heavy atom. The van der Waals surface area contributed by atoms with E-state index in [1.807, 2.05) is 0 Å². The van der Waals surface area contributed by atoms with E-state index in [0.29, 0.717) is 5.82 Å². The van der Waals surface area contributed by atoms with Gasteiger partial charge in [-0.15, -0.1) is 11.3 Å². The Morgan fingerprint density at radius 2 is 1.13 bits per heavy atom. The van der Waals surface area contributed by atoms with E-state index >= 15 is 0 Å². The topological polar surface area (TPSA) is 43.9 Å². The van der Waals surface area contributed by atoms with Gasteiger partial charge in [0.05, 0.1) is 26.9 Å².